The molecule has 0 aliphatic heterocycles. The Bertz CT molecular complexity index is 1430. The van der Waals surface area contributed by atoms with Crippen LogP contribution in [0.3, 0.4) is 0 Å². The second-order valence-electron chi connectivity index (χ2n) is 9.56. The molecule has 1 heteroatoms. The number of fused-ring (bicyclic) bond motifs is 1. The summed E-state index contributed by atoms with van der Waals surface area (Å²) in [4.78, 5) is 0. The van der Waals surface area contributed by atoms with E-state index in [4.69, 9.17) is 4.42 Å². The van der Waals surface area contributed by atoms with E-state index in [0.29, 0.717) is 5.92 Å². The second-order valence-corrected chi connectivity index (χ2v) is 9.56. The van der Waals surface area contributed by atoms with Crippen LogP contribution in [-0.4, -0.2) is 0 Å². The molecule has 1 aromatic heterocycles. The predicted octanol–water partition coefficient (Wildman–Crippen LogP) is 9.72. The Labute approximate surface area is 203 Å². The van der Waals surface area contributed by atoms with Gasteiger partial charge in [0, 0.05) is 5.56 Å². The molecule has 0 spiro atoms. The highest BCUT2D eigenvalue weighted by Gasteiger charge is 2.28. The van der Waals surface area contributed by atoms with Crippen LogP contribution < -0.4 is 0 Å². The second kappa shape index (κ2) is 8.91. The smallest absolute Gasteiger partial charge is 0.206 e. The zero-order valence-corrected chi connectivity index (χ0v) is 20.6. The van der Waals surface area contributed by atoms with Gasteiger partial charge in [-0.15, -0.1) is 0 Å². The minimum Gasteiger partial charge on any atom is -0.206 e. The average molecular weight is 444 g/mol. The van der Waals surface area contributed by atoms with Crippen molar-refractivity contribution in [3.05, 3.63) is 113 Å². The summed E-state index contributed by atoms with van der Waals surface area (Å²) < 4.78 is 6.56. The predicted molar refractivity (Wildman–Crippen MR) is 144 cm³/mol. The number of hydrogen-bond acceptors (Lipinski definition) is 0. The maximum Gasteiger partial charge on any atom is 0.364 e. The Morgan fingerprint density at radius 2 is 1.24 bits per heavy atom. The molecule has 34 heavy (non-hydrogen) atoms. The molecule has 0 bridgehead atoms. The number of hydrogen-bond donors (Lipinski definition) is 0. The van der Waals surface area contributed by atoms with Crippen LogP contribution in [0.15, 0.2) is 95.4 Å². The first-order chi connectivity index (χ1) is 16.4. The topological polar surface area (TPSA) is 11.3 Å². The molecule has 168 valence electrons. The number of rotatable bonds is 4. The van der Waals surface area contributed by atoms with Gasteiger partial charge in [0.2, 0.25) is 0 Å². The van der Waals surface area contributed by atoms with Gasteiger partial charge < -0.3 is 0 Å². The lowest BCUT2D eigenvalue weighted by Gasteiger charge is -2.09. The first-order valence-electron chi connectivity index (χ1n) is 12.1. The molecule has 2 aliphatic rings. The van der Waals surface area contributed by atoms with Gasteiger partial charge in [0.25, 0.3) is 0 Å². The van der Waals surface area contributed by atoms with Crippen LogP contribution >= 0.6 is 0 Å². The Hall–Kier alpha value is -3.71. The first-order valence-corrected chi connectivity index (χ1v) is 12.1. The molecular weight excluding hydrogens is 412 g/mol. The van der Waals surface area contributed by atoms with E-state index in [-0.39, 0.29) is 0 Å². The lowest BCUT2D eigenvalue weighted by atomic mass is 9.93. The maximum atomic E-state index is 6.56. The fraction of sp³-hybridized carbons (Fsp3) is 0.182. The molecule has 2 aromatic carbocycles. The van der Waals surface area contributed by atoms with Crippen LogP contribution in [0.25, 0.3) is 44.9 Å². The lowest BCUT2D eigenvalue weighted by molar-refractivity contribution is 0.578. The highest BCUT2D eigenvalue weighted by Crippen LogP contribution is 2.45. The Morgan fingerprint density at radius 3 is 1.88 bits per heavy atom. The van der Waals surface area contributed by atoms with E-state index in [2.05, 4.69) is 113 Å². The zero-order chi connectivity index (χ0) is 23.8. The highest BCUT2D eigenvalue weighted by molar-refractivity contribution is 5.93. The molecule has 0 amide bonds. The van der Waals surface area contributed by atoms with Crippen LogP contribution in [0, 0.1) is 20.8 Å². The van der Waals surface area contributed by atoms with Crippen LogP contribution in [0.4, 0.5) is 0 Å². The lowest BCUT2D eigenvalue weighted by Crippen LogP contribution is -1.92. The minimum atomic E-state index is 0.486. The molecule has 2 aliphatic carbocycles. The van der Waals surface area contributed by atoms with Crippen LogP contribution in [-0.2, 0) is 0 Å². The first kappa shape index (κ1) is 22.1. The average Bonchev–Trinajstić information content (AvgIpc) is 3.06. The zero-order valence-electron chi connectivity index (χ0n) is 20.6. The van der Waals surface area contributed by atoms with Crippen LogP contribution in [0.1, 0.15) is 42.0 Å². The van der Waals surface area contributed by atoms with Gasteiger partial charge in [0.1, 0.15) is 0 Å². The standard InChI is InChI=1S/C33H31O/c1-21(2)27-17-16-22(3)32-28(19-27)23(4)18-30(32)29-20-31(25-12-8-6-9-13-25)34-33(24(29)5)26-14-10-7-11-15-26/h6-21H,1-5H3/q+1. The fourth-order valence-electron chi connectivity index (χ4n) is 4.88. The van der Waals surface area contributed by atoms with Crippen molar-refractivity contribution in [1.82, 2.24) is 0 Å². The summed E-state index contributed by atoms with van der Waals surface area (Å²) in [5, 5.41) is 0. The molecular formula is C33H31O+. The largest absolute Gasteiger partial charge is 0.364 e. The van der Waals surface area contributed by atoms with Gasteiger partial charge >= 0.3 is 11.5 Å². The van der Waals surface area contributed by atoms with Gasteiger partial charge in [0.15, 0.2) is 0 Å². The summed E-state index contributed by atoms with van der Waals surface area (Å²) in [6.07, 6.45) is 0. The van der Waals surface area contributed by atoms with Crippen molar-refractivity contribution in [1.29, 1.82) is 0 Å². The summed E-state index contributed by atoms with van der Waals surface area (Å²) in [5.74, 6) is 2.29. The van der Waals surface area contributed by atoms with Gasteiger partial charge in [-0.3, -0.25) is 0 Å². The van der Waals surface area contributed by atoms with Crippen LogP contribution in [0.2, 0.25) is 0 Å². The third kappa shape index (κ3) is 3.92. The number of benzene rings is 2. The molecule has 3 aromatic rings. The molecule has 0 saturated heterocycles. The van der Waals surface area contributed by atoms with Gasteiger partial charge in [-0.1, -0.05) is 74.5 Å². The van der Waals surface area contributed by atoms with E-state index in [1.165, 1.54) is 38.9 Å². The fourth-order valence-corrected chi connectivity index (χ4v) is 4.88. The Kier molecular flexibility index (Phi) is 5.79. The quantitative estimate of drug-likeness (QED) is 0.252. The van der Waals surface area contributed by atoms with E-state index in [1.54, 1.807) is 0 Å². The molecule has 0 saturated carbocycles. The normalized spacial score (nSPS) is 11.4. The van der Waals surface area contributed by atoms with Crippen molar-refractivity contribution in [3.8, 4) is 44.9 Å². The Morgan fingerprint density at radius 1 is 0.588 bits per heavy atom. The summed E-state index contributed by atoms with van der Waals surface area (Å²) >= 11 is 0. The highest BCUT2D eigenvalue weighted by atomic mass is 16.3. The van der Waals surface area contributed by atoms with Crippen molar-refractivity contribution < 1.29 is 4.42 Å². The SMILES string of the molecule is Cc1cc(-c2cc(-c3ccccc3)[o+]c(-c3ccccc3)c2C)c2c(C)ccc(C(C)C)cc1-2. The summed E-state index contributed by atoms with van der Waals surface area (Å²) in [5.41, 5.74) is 12.5. The van der Waals surface area contributed by atoms with Crippen molar-refractivity contribution in [2.24, 2.45) is 0 Å². The molecule has 1 nitrogen and oxygen atoms in total. The third-order valence-corrected chi connectivity index (χ3v) is 6.84. The van der Waals surface area contributed by atoms with Gasteiger partial charge in [-0.05, 0) is 84.3 Å². The van der Waals surface area contributed by atoms with Crippen molar-refractivity contribution >= 4 is 0 Å². The van der Waals surface area contributed by atoms with E-state index in [9.17, 15) is 0 Å². The Balaban J connectivity index is 1.81. The van der Waals surface area contributed by atoms with Crippen molar-refractivity contribution in [3.63, 3.8) is 0 Å². The third-order valence-electron chi connectivity index (χ3n) is 6.84. The molecule has 1 heterocycles. The molecule has 5 rings (SSSR count). The van der Waals surface area contributed by atoms with Crippen molar-refractivity contribution in [2.45, 2.75) is 40.5 Å². The van der Waals surface area contributed by atoms with Crippen LogP contribution in [0.5, 0.6) is 0 Å². The van der Waals surface area contributed by atoms with E-state index < -0.39 is 0 Å². The van der Waals surface area contributed by atoms with E-state index in [1.807, 2.05) is 12.1 Å². The summed E-state index contributed by atoms with van der Waals surface area (Å²) in [6.45, 7) is 11.2. The van der Waals surface area contributed by atoms with Crippen molar-refractivity contribution in [2.75, 3.05) is 0 Å². The monoisotopic (exact) mass is 443 g/mol. The molecule has 0 fully saturated rings. The van der Waals surface area contributed by atoms with Gasteiger partial charge in [0.05, 0.1) is 22.8 Å². The van der Waals surface area contributed by atoms with Gasteiger partial charge in [-0.25, -0.2) is 4.42 Å². The number of aryl methyl sites for hydroxylation is 2. The molecule has 0 radical (unpaired) electrons. The van der Waals surface area contributed by atoms with E-state index >= 15 is 0 Å². The minimum absolute atomic E-state index is 0.486. The molecule has 0 N–H and O–H groups in total. The summed E-state index contributed by atoms with van der Waals surface area (Å²) in [7, 11) is 0. The van der Waals surface area contributed by atoms with Gasteiger partial charge in [-0.2, -0.15) is 0 Å². The molecule has 0 atom stereocenters. The molecule has 0 unspecified atom stereocenters. The maximum absolute atomic E-state index is 6.56. The van der Waals surface area contributed by atoms with E-state index in [0.717, 1.165) is 28.2 Å². The summed E-state index contributed by atoms with van der Waals surface area (Å²) in [6, 6.07) is 32.3.